The van der Waals surface area contributed by atoms with Crippen molar-refractivity contribution < 1.29 is 22.3 Å². The van der Waals surface area contributed by atoms with E-state index in [1.54, 1.807) is 18.3 Å². The first kappa shape index (κ1) is 32.0. The molecule has 234 valence electrons. The lowest BCUT2D eigenvalue weighted by Gasteiger charge is -2.29. The number of nitrogens with one attached hydrogen (secondary N) is 1. The number of carbonyl (C=O) groups excluding carboxylic acids is 1. The van der Waals surface area contributed by atoms with Crippen LogP contribution >= 0.6 is 0 Å². The second-order valence-electron chi connectivity index (χ2n) is 12.6. The van der Waals surface area contributed by atoms with Gasteiger partial charge in [-0.3, -0.25) is 4.79 Å². The number of esters is 1. The normalized spacial score (nSPS) is 17.1. The second-order valence-corrected chi connectivity index (χ2v) is 14.5. The van der Waals surface area contributed by atoms with Gasteiger partial charge in [-0.2, -0.15) is 5.26 Å². The summed E-state index contributed by atoms with van der Waals surface area (Å²) in [6.07, 6.45) is 5.72. The van der Waals surface area contributed by atoms with E-state index in [1.807, 2.05) is 39.8 Å². The first-order valence-corrected chi connectivity index (χ1v) is 16.6. The van der Waals surface area contributed by atoms with E-state index in [0.29, 0.717) is 40.6 Å². The maximum Gasteiger partial charge on any atom is 0.306 e. The summed E-state index contributed by atoms with van der Waals surface area (Å²) < 4.78 is 46.6. The summed E-state index contributed by atoms with van der Waals surface area (Å²) in [4.78, 5) is 25.9. The molecule has 11 heteroatoms. The third kappa shape index (κ3) is 7.81. The number of aromatic nitrogens is 3. The second kappa shape index (κ2) is 12.9. The van der Waals surface area contributed by atoms with E-state index in [4.69, 9.17) is 9.72 Å². The number of fused-ring (bicyclic) bond motifs is 1. The van der Waals surface area contributed by atoms with E-state index in [1.165, 1.54) is 30.3 Å². The van der Waals surface area contributed by atoms with Crippen molar-refractivity contribution in [1.29, 1.82) is 5.26 Å². The fraction of sp³-hybridized carbons (Fsp3) is 0.382. The summed E-state index contributed by atoms with van der Waals surface area (Å²) in [5.74, 6) is -0.587. The number of anilines is 1. The molecule has 1 fully saturated rings. The predicted octanol–water partition coefficient (Wildman–Crippen LogP) is 6.69. The van der Waals surface area contributed by atoms with Crippen molar-refractivity contribution in [2.75, 3.05) is 5.32 Å². The van der Waals surface area contributed by atoms with Crippen LogP contribution in [0.2, 0.25) is 0 Å². The van der Waals surface area contributed by atoms with Gasteiger partial charge in [0.05, 0.1) is 33.6 Å². The molecule has 1 saturated carbocycles. The number of hydrogen-bond donors (Lipinski definition) is 1. The number of pyridine rings is 1. The zero-order valence-corrected chi connectivity index (χ0v) is 26.6. The number of halogens is 1. The topological polar surface area (TPSA) is 135 Å². The van der Waals surface area contributed by atoms with Crippen LogP contribution in [0.1, 0.15) is 69.6 Å². The molecule has 4 aromatic rings. The van der Waals surface area contributed by atoms with Gasteiger partial charge in [0.1, 0.15) is 23.0 Å². The van der Waals surface area contributed by atoms with Gasteiger partial charge in [0.25, 0.3) is 0 Å². The molecule has 0 amide bonds. The molecule has 0 aliphatic heterocycles. The van der Waals surface area contributed by atoms with E-state index in [-0.39, 0.29) is 28.0 Å². The number of nitrogens with zero attached hydrogens (tertiary/aromatic N) is 4. The molecule has 0 bridgehead atoms. The third-order valence-corrected chi connectivity index (χ3v) is 9.55. The Bertz CT molecular complexity index is 1890. The number of hydrogen-bond acceptors (Lipinski definition) is 9. The molecule has 1 aliphatic carbocycles. The molecule has 45 heavy (non-hydrogen) atoms. The highest BCUT2D eigenvalue weighted by atomic mass is 32.2. The molecule has 1 aliphatic rings. The van der Waals surface area contributed by atoms with Crippen molar-refractivity contribution >= 4 is 32.8 Å². The van der Waals surface area contributed by atoms with E-state index >= 15 is 4.39 Å². The monoisotopic (exact) mass is 629 g/mol. The van der Waals surface area contributed by atoms with E-state index in [0.717, 1.165) is 31.2 Å². The predicted molar refractivity (Wildman–Crippen MR) is 169 cm³/mol. The van der Waals surface area contributed by atoms with Gasteiger partial charge in [0.15, 0.2) is 9.84 Å². The summed E-state index contributed by atoms with van der Waals surface area (Å²) >= 11 is 0. The maximum absolute atomic E-state index is 15.2. The molecule has 9 nitrogen and oxygen atoms in total. The van der Waals surface area contributed by atoms with Gasteiger partial charge in [-0.05, 0) is 89.1 Å². The summed E-state index contributed by atoms with van der Waals surface area (Å²) in [6.45, 7) is 7.53. The van der Waals surface area contributed by atoms with E-state index in [9.17, 15) is 18.5 Å². The van der Waals surface area contributed by atoms with Gasteiger partial charge in [0.2, 0.25) is 5.95 Å². The van der Waals surface area contributed by atoms with Crippen LogP contribution in [0.4, 0.5) is 10.3 Å². The average molecular weight is 630 g/mol. The van der Waals surface area contributed by atoms with Gasteiger partial charge < -0.3 is 10.1 Å². The molecule has 1 N–H and O–H groups in total. The molecular weight excluding hydrogens is 593 g/mol. The Morgan fingerprint density at radius 3 is 2.51 bits per heavy atom. The zero-order valence-electron chi connectivity index (χ0n) is 25.8. The molecular formula is C34H36FN5O4S. The van der Waals surface area contributed by atoms with Gasteiger partial charge >= 0.3 is 5.97 Å². The molecule has 0 atom stereocenters. The van der Waals surface area contributed by atoms with Gasteiger partial charge in [-0.25, -0.2) is 27.8 Å². The van der Waals surface area contributed by atoms with Crippen molar-refractivity contribution in [2.24, 2.45) is 5.92 Å². The lowest BCUT2D eigenvalue weighted by Crippen LogP contribution is -2.30. The van der Waals surface area contributed by atoms with Crippen LogP contribution in [0, 0.1) is 30.0 Å². The molecule has 0 spiro atoms. The van der Waals surface area contributed by atoms with E-state index < -0.39 is 27.0 Å². The molecule has 5 rings (SSSR count). The number of ether oxygens (including phenoxy) is 1. The smallest absolute Gasteiger partial charge is 0.306 e. The van der Waals surface area contributed by atoms with Crippen molar-refractivity contribution in [3.63, 3.8) is 0 Å². The van der Waals surface area contributed by atoms with Crippen LogP contribution in [0.25, 0.3) is 22.3 Å². The number of carbonyl (C=O) groups is 1. The van der Waals surface area contributed by atoms with Crippen LogP contribution < -0.4 is 5.32 Å². The summed E-state index contributed by atoms with van der Waals surface area (Å²) in [5.41, 5.74) is 2.61. The fourth-order valence-corrected chi connectivity index (χ4v) is 7.18. The first-order chi connectivity index (χ1) is 21.3. The average Bonchev–Trinajstić information content (AvgIpc) is 2.98. The zero-order chi connectivity index (χ0) is 32.4. The largest absolute Gasteiger partial charge is 0.460 e. The van der Waals surface area contributed by atoms with Crippen molar-refractivity contribution in [2.45, 2.75) is 82.1 Å². The molecule has 0 unspecified atom stereocenters. The first-order valence-electron chi connectivity index (χ1n) is 14.9. The van der Waals surface area contributed by atoms with Crippen molar-refractivity contribution in [3.05, 3.63) is 77.2 Å². The minimum Gasteiger partial charge on any atom is -0.460 e. The lowest BCUT2D eigenvalue weighted by molar-refractivity contribution is -0.156. The van der Waals surface area contributed by atoms with Crippen LogP contribution in [0.15, 0.2) is 59.6 Å². The highest BCUT2D eigenvalue weighted by molar-refractivity contribution is 7.90. The van der Waals surface area contributed by atoms with Crippen LogP contribution in [0.5, 0.6) is 0 Å². The molecule has 2 aromatic heterocycles. The third-order valence-electron chi connectivity index (χ3n) is 7.83. The van der Waals surface area contributed by atoms with Gasteiger partial charge in [-0.1, -0.05) is 24.3 Å². The number of rotatable bonds is 8. The maximum atomic E-state index is 15.2. The quantitative estimate of drug-likeness (QED) is 0.212. The molecule has 2 aromatic carbocycles. The highest BCUT2D eigenvalue weighted by Gasteiger charge is 2.26. The van der Waals surface area contributed by atoms with Crippen LogP contribution in [-0.2, 0) is 25.1 Å². The Morgan fingerprint density at radius 2 is 1.82 bits per heavy atom. The lowest BCUT2D eigenvalue weighted by atomic mass is 9.84. The highest BCUT2D eigenvalue weighted by Crippen LogP contribution is 2.31. The SMILES string of the molecule is Cc1cc(-c2ccc(CS(=O)(=O)c3ccccc3C#N)c(F)c2)nc2cnc(NC3CCC(CC(=O)OC(C)(C)C)CC3)nc12. The molecule has 2 heterocycles. The standard InChI is InChI=1S/C34H36FN5O4S/c1-21-15-28(23-11-12-25(27(35)17-23)20-45(42,43)30-8-6-5-7-24(30)18-36)39-29-19-37-33(40-32(21)29)38-26-13-9-22(10-14-26)16-31(41)44-34(2,3)4/h5-8,11-12,15,17,19,22,26H,9-10,13-14,16,20H2,1-4H3,(H,37,38,40). The number of sulfone groups is 1. The van der Waals surface area contributed by atoms with Crippen molar-refractivity contribution in [3.8, 4) is 17.3 Å². The summed E-state index contributed by atoms with van der Waals surface area (Å²) in [5, 5.41) is 12.7. The fourth-order valence-electron chi connectivity index (χ4n) is 5.65. The Labute approximate surface area is 262 Å². The Balaban J connectivity index is 1.26. The molecule has 0 radical (unpaired) electrons. The minimum atomic E-state index is -3.94. The van der Waals surface area contributed by atoms with E-state index in [2.05, 4.69) is 15.3 Å². The minimum absolute atomic E-state index is 0.00178. The molecule has 0 saturated heterocycles. The van der Waals surface area contributed by atoms with Crippen LogP contribution in [0.3, 0.4) is 0 Å². The number of nitriles is 1. The number of benzene rings is 2. The van der Waals surface area contributed by atoms with Gasteiger partial charge in [0, 0.05) is 23.6 Å². The summed E-state index contributed by atoms with van der Waals surface area (Å²) in [7, 11) is -3.94. The number of aryl methyl sites for hydroxylation is 1. The summed E-state index contributed by atoms with van der Waals surface area (Å²) in [6, 6.07) is 14.1. The van der Waals surface area contributed by atoms with Crippen LogP contribution in [-0.4, -0.2) is 41.0 Å². The van der Waals surface area contributed by atoms with Crippen molar-refractivity contribution in [1.82, 2.24) is 15.0 Å². The Hall–Kier alpha value is -4.43. The Morgan fingerprint density at radius 1 is 1.09 bits per heavy atom. The van der Waals surface area contributed by atoms with Gasteiger partial charge in [-0.15, -0.1) is 0 Å². The Kier molecular flexibility index (Phi) is 9.16.